The molecule has 30 heavy (non-hydrogen) atoms. The third-order valence-electron chi connectivity index (χ3n) is 4.81. The van der Waals surface area contributed by atoms with Crippen molar-refractivity contribution >= 4 is 39.8 Å². The van der Waals surface area contributed by atoms with Crippen LogP contribution >= 0.6 is 22.9 Å². The van der Waals surface area contributed by atoms with E-state index in [1.54, 1.807) is 19.2 Å². The van der Waals surface area contributed by atoms with Crippen LogP contribution in [0, 0.1) is 0 Å². The number of carbonyl (C=O) groups is 1. The van der Waals surface area contributed by atoms with Crippen molar-refractivity contribution in [3.05, 3.63) is 74.9 Å². The van der Waals surface area contributed by atoms with Crippen LogP contribution in [0.15, 0.2) is 58.8 Å². The van der Waals surface area contributed by atoms with Crippen LogP contribution in [0.3, 0.4) is 0 Å². The van der Waals surface area contributed by atoms with Gasteiger partial charge in [0.2, 0.25) is 5.43 Å². The number of fused-ring (bicyclic) bond motifs is 1. The number of aryl methyl sites for hydroxylation is 1. The molecule has 0 atom stereocenters. The third-order valence-corrected chi connectivity index (χ3v) is 6.00. The highest BCUT2D eigenvalue weighted by molar-refractivity contribution is 7.13. The maximum Gasteiger partial charge on any atom is 0.343 e. The Hall–Kier alpha value is -2.96. The molecule has 0 aliphatic heterocycles. The lowest BCUT2D eigenvalue weighted by molar-refractivity contribution is 0.0524. The maximum atomic E-state index is 12.9. The summed E-state index contributed by atoms with van der Waals surface area (Å²) in [6.07, 6.45) is 1.55. The van der Waals surface area contributed by atoms with Crippen LogP contribution in [0.1, 0.15) is 24.2 Å². The van der Waals surface area contributed by atoms with E-state index in [1.807, 2.05) is 53.3 Å². The molecule has 152 valence electrons. The average Bonchev–Trinajstić information content (AvgIpc) is 3.25. The number of benzene rings is 2. The number of pyridine rings is 1. The lowest BCUT2D eigenvalue weighted by Crippen LogP contribution is -2.20. The molecule has 5 nitrogen and oxygen atoms in total. The number of rotatable bonds is 5. The number of aromatic nitrogens is 2. The molecule has 0 bridgehead atoms. The first-order chi connectivity index (χ1) is 14.5. The van der Waals surface area contributed by atoms with Gasteiger partial charge in [-0.3, -0.25) is 4.79 Å². The van der Waals surface area contributed by atoms with Crippen LogP contribution in [-0.4, -0.2) is 22.1 Å². The van der Waals surface area contributed by atoms with Crippen LogP contribution in [-0.2, 0) is 11.3 Å². The van der Waals surface area contributed by atoms with Gasteiger partial charge < -0.3 is 9.30 Å². The van der Waals surface area contributed by atoms with E-state index >= 15 is 0 Å². The molecule has 0 saturated heterocycles. The normalized spacial score (nSPS) is 11.0. The van der Waals surface area contributed by atoms with Crippen LogP contribution < -0.4 is 5.43 Å². The molecule has 2 heterocycles. The summed E-state index contributed by atoms with van der Waals surface area (Å²) >= 11 is 8.05. The first-order valence-electron chi connectivity index (χ1n) is 9.58. The monoisotopic (exact) mass is 438 g/mol. The summed E-state index contributed by atoms with van der Waals surface area (Å²) < 4.78 is 6.89. The fraction of sp³-hybridized carbons (Fsp3) is 0.174. The van der Waals surface area contributed by atoms with Crippen LogP contribution in [0.5, 0.6) is 0 Å². The average molecular weight is 439 g/mol. The fourth-order valence-corrected chi connectivity index (χ4v) is 4.50. The molecule has 0 amide bonds. The summed E-state index contributed by atoms with van der Waals surface area (Å²) in [5.74, 6) is -0.626. The van der Waals surface area contributed by atoms with E-state index in [9.17, 15) is 9.59 Å². The smallest absolute Gasteiger partial charge is 0.343 e. The van der Waals surface area contributed by atoms with E-state index in [0.717, 1.165) is 21.8 Å². The fourth-order valence-electron chi connectivity index (χ4n) is 3.33. The number of carbonyl (C=O) groups excluding carboxylic acids is 1. The molecule has 0 unspecified atom stereocenters. The van der Waals surface area contributed by atoms with E-state index in [2.05, 4.69) is 0 Å². The van der Waals surface area contributed by atoms with Gasteiger partial charge in [0.1, 0.15) is 10.6 Å². The zero-order chi connectivity index (χ0) is 21.3. The molecular weight excluding hydrogens is 420 g/mol. The molecule has 7 heteroatoms. The van der Waals surface area contributed by atoms with Crippen molar-refractivity contribution in [2.45, 2.75) is 20.4 Å². The molecule has 0 fully saturated rings. The van der Waals surface area contributed by atoms with Gasteiger partial charge in [-0.1, -0.05) is 41.9 Å². The Morgan fingerprint density at radius 3 is 2.67 bits per heavy atom. The molecule has 4 rings (SSSR count). The van der Waals surface area contributed by atoms with Gasteiger partial charge in [-0.2, -0.15) is 0 Å². The van der Waals surface area contributed by atoms with Crippen molar-refractivity contribution in [1.82, 2.24) is 9.55 Å². The minimum Gasteiger partial charge on any atom is -0.462 e. The minimum atomic E-state index is -0.626. The van der Waals surface area contributed by atoms with Crippen molar-refractivity contribution in [2.24, 2.45) is 0 Å². The lowest BCUT2D eigenvalue weighted by Gasteiger charge is -2.13. The second kappa shape index (κ2) is 8.42. The minimum absolute atomic E-state index is 0.00984. The van der Waals surface area contributed by atoms with Crippen LogP contribution in [0.25, 0.3) is 32.7 Å². The van der Waals surface area contributed by atoms with Crippen molar-refractivity contribution in [1.29, 1.82) is 0 Å². The number of hydrogen-bond acceptors (Lipinski definition) is 5. The summed E-state index contributed by atoms with van der Waals surface area (Å²) in [5.41, 5.74) is 2.98. The van der Waals surface area contributed by atoms with Gasteiger partial charge in [0, 0.05) is 34.6 Å². The Bertz CT molecular complexity index is 1300. The molecule has 2 aromatic carbocycles. The maximum absolute atomic E-state index is 12.9. The Morgan fingerprint density at radius 2 is 1.97 bits per heavy atom. The molecule has 0 aliphatic rings. The molecule has 4 aromatic rings. The standard InChI is InChI=1S/C23H19ClN2O3S/c1-3-26-12-17(23(28)29-4-2)21(27)16-10-18(24)15(11-20(16)26)22-25-19(13-30-22)14-8-6-5-7-9-14/h5-13H,3-4H2,1-2H3. The summed E-state index contributed by atoms with van der Waals surface area (Å²) in [6.45, 7) is 4.44. The second-order valence-corrected chi connectivity index (χ2v) is 7.90. The van der Waals surface area contributed by atoms with E-state index in [4.69, 9.17) is 21.3 Å². The number of halogens is 1. The summed E-state index contributed by atoms with van der Waals surface area (Å²) in [7, 11) is 0. The summed E-state index contributed by atoms with van der Waals surface area (Å²) in [4.78, 5) is 29.9. The van der Waals surface area contributed by atoms with Gasteiger partial charge in [0.25, 0.3) is 0 Å². The van der Waals surface area contributed by atoms with Gasteiger partial charge in [0.15, 0.2) is 0 Å². The van der Waals surface area contributed by atoms with Gasteiger partial charge in [-0.05, 0) is 26.0 Å². The zero-order valence-corrected chi connectivity index (χ0v) is 18.1. The predicted molar refractivity (Wildman–Crippen MR) is 121 cm³/mol. The zero-order valence-electron chi connectivity index (χ0n) is 16.5. The highest BCUT2D eigenvalue weighted by Gasteiger charge is 2.19. The van der Waals surface area contributed by atoms with Crippen LogP contribution in [0.2, 0.25) is 5.02 Å². The highest BCUT2D eigenvalue weighted by Crippen LogP contribution is 2.35. The molecular formula is C23H19ClN2O3S. The lowest BCUT2D eigenvalue weighted by atomic mass is 10.1. The molecule has 0 aliphatic carbocycles. The van der Waals surface area contributed by atoms with Gasteiger partial charge in [0.05, 0.1) is 22.8 Å². The molecule has 0 N–H and O–H groups in total. The Balaban J connectivity index is 1.87. The Labute approximate surface area is 182 Å². The predicted octanol–water partition coefficient (Wildman–Crippen LogP) is 5.64. The number of hydrogen-bond donors (Lipinski definition) is 0. The summed E-state index contributed by atoms with van der Waals surface area (Å²) in [5, 5.41) is 3.56. The number of ether oxygens (including phenoxy) is 1. The summed E-state index contributed by atoms with van der Waals surface area (Å²) in [6, 6.07) is 13.4. The Kier molecular flexibility index (Phi) is 5.70. The number of esters is 1. The van der Waals surface area contributed by atoms with Crippen molar-refractivity contribution in [3.8, 4) is 21.8 Å². The first-order valence-corrected chi connectivity index (χ1v) is 10.8. The SMILES string of the molecule is CCOC(=O)c1cn(CC)c2cc(-c3nc(-c4ccccc4)cs3)c(Cl)cc2c1=O. The van der Waals surface area contributed by atoms with Gasteiger partial charge >= 0.3 is 5.97 Å². The van der Waals surface area contributed by atoms with Crippen molar-refractivity contribution in [2.75, 3.05) is 6.61 Å². The van der Waals surface area contributed by atoms with Gasteiger partial charge in [-0.15, -0.1) is 11.3 Å². The van der Waals surface area contributed by atoms with Crippen molar-refractivity contribution < 1.29 is 9.53 Å². The quantitative estimate of drug-likeness (QED) is 0.378. The molecule has 0 radical (unpaired) electrons. The first kappa shape index (κ1) is 20.3. The molecule has 0 spiro atoms. The van der Waals surface area contributed by atoms with E-state index < -0.39 is 5.97 Å². The number of thiazole rings is 1. The van der Waals surface area contributed by atoms with Crippen molar-refractivity contribution in [3.63, 3.8) is 0 Å². The highest BCUT2D eigenvalue weighted by atomic mass is 35.5. The van der Waals surface area contributed by atoms with Crippen LogP contribution in [0.4, 0.5) is 0 Å². The largest absolute Gasteiger partial charge is 0.462 e. The van der Waals surface area contributed by atoms with E-state index in [1.165, 1.54) is 11.3 Å². The van der Waals surface area contributed by atoms with E-state index in [0.29, 0.717) is 22.5 Å². The number of nitrogens with zero attached hydrogens (tertiary/aromatic N) is 2. The molecule has 2 aromatic heterocycles. The topological polar surface area (TPSA) is 61.2 Å². The van der Waals surface area contributed by atoms with E-state index in [-0.39, 0.29) is 17.6 Å². The second-order valence-electron chi connectivity index (χ2n) is 6.63. The Morgan fingerprint density at radius 1 is 1.20 bits per heavy atom. The third kappa shape index (κ3) is 3.64. The van der Waals surface area contributed by atoms with Gasteiger partial charge in [-0.25, -0.2) is 9.78 Å². The molecule has 0 saturated carbocycles.